The van der Waals surface area contributed by atoms with Gasteiger partial charge in [0, 0.05) is 31.6 Å². The van der Waals surface area contributed by atoms with Gasteiger partial charge < -0.3 is 20.1 Å². The van der Waals surface area contributed by atoms with E-state index in [0.717, 1.165) is 39.1 Å². The van der Waals surface area contributed by atoms with Crippen molar-refractivity contribution < 1.29 is 9.47 Å². The summed E-state index contributed by atoms with van der Waals surface area (Å²) >= 11 is 1.68. The molecular weight excluding hydrogens is 278 g/mol. The fourth-order valence-corrected chi connectivity index (χ4v) is 3.27. The Morgan fingerprint density at radius 1 is 1.00 bits per heavy atom. The lowest BCUT2D eigenvalue weighted by Gasteiger charge is -2.27. The summed E-state index contributed by atoms with van der Waals surface area (Å²) in [7, 11) is 0. The number of morpholine rings is 1. The number of hydrogen-bond donors (Lipinski definition) is 1. The Balaban J connectivity index is 1.71. The molecule has 0 aliphatic carbocycles. The first-order valence-electron chi connectivity index (χ1n) is 6.90. The average Bonchev–Trinajstić information content (AvgIpc) is 2.49. The number of anilines is 2. The van der Waals surface area contributed by atoms with Crippen molar-refractivity contribution in [3.8, 4) is 0 Å². The zero-order valence-corrected chi connectivity index (χ0v) is 12.1. The van der Waals surface area contributed by atoms with E-state index in [2.05, 4.69) is 19.9 Å². The van der Waals surface area contributed by atoms with Crippen LogP contribution in [-0.4, -0.2) is 59.7 Å². The number of nitrogens with two attached hydrogens (primary N) is 1. The summed E-state index contributed by atoms with van der Waals surface area (Å²) in [5, 5.41) is 1.22. The van der Waals surface area contributed by atoms with Gasteiger partial charge >= 0.3 is 0 Å². The van der Waals surface area contributed by atoms with E-state index in [1.54, 1.807) is 11.8 Å². The molecule has 3 heterocycles. The van der Waals surface area contributed by atoms with Gasteiger partial charge in [-0.3, -0.25) is 0 Å². The smallest absolute Gasteiger partial charge is 0.231 e. The molecule has 7 nitrogen and oxygen atoms in total. The molecule has 1 aromatic rings. The van der Waals surface area contributed by atoms with Crippen molar-refractivity contribution in [2.24, 2.45) is 0 Å². The predicted molar refractivity (Wildman–Crippen MR) is 77.0 cm³/mol. The molecule has 2 N–H and O–H groups in total. The Labute approximate surface area is 122 Å². The topological polar surface area (TPSA) is 86.4 Å². The fraction of sp³-hybridized carbons (Fsp3) is 0.750. The van der Waals surface area contributed by atoms with Crippen molar-refractivity contribution in [2.75, 3.05) is 50.2 Å². The third-order valence-electron chi connectivity index (χ3n) is 3.35. The van der Waals surface area contributed by atoms with Crippen molar-refractivity contribution in [3.05, 3.63) is 0 Å². The molecule has 0 atom stereocenters. The predicted octanol–water partition coefficient (Wildman–Crippen LogP) is 0.561. The molecule has 0 unspecified atom stereocenters. The Morgan fingerprint density at radius 2 is 1.70 bits per heavy atom. The van der Waals surface area contributed by atoms with E-state index in [0.29, 0.717) is 29.6 Å². The van der Waals surface area contributed by atoms with E-state index in [1.165, 1.54) is 0 Å². The van der Waals surface area contributed by atoms with E-state index >= 15 is 0 Å². The average molecular weight is 297 g/mol. The van der Waals surface area contributed by atoms with Gasteiger partial charge in [0.15, 0.2) is 5.16 Å². The highest BCUT2D eigenvalue weighted by Crippen LogP contribution is 2.28. The van der Waals surface area contributed by atoms with Crippen LogP contribution in [0.4, 0.5) is 11.9 Å². The van der Waals surface area contributed by atoms with Crippen LogP contribution in [0.25, 0.3) is 0 Å². The van der Waals surface area contributed by atoms with E-state index in [1.807, 2.05) is 0 Å². The summed E-state index contributed by atoms with van der Waals surface area (Å²) in [5.41, 5.74) is 5.81. The molecule has 110 valence electrons. The summed E-state index contributed by atoms with van der Waals surface area (Å²) < 4.78 is 10.7. The van der Waals surface area contributed by atoms with Crippen LogP contribution in [-0.2, 0) is 9.47 Å². The highest BCUT2D eigenvalue weighted by atomic mass is 32.2. The number of ether oxygens (including phenoxy) is 2. The van der Waals surface area contributed by atoms with Gasteiger partial charge in [-0.05, 0) is 12.8 Å². The first-order chi connectivity index (χ1) is 9.81. The van der Waals surface area contributed by atoms with Gasteiger partial charge in [-0.2, -0.15) is 15.0 Å². The summed E-state index contributed by atoms with van der Waals surface area (Å²) in [4.78, 5) is 15.1. The van der Waals surface area contributed by atoms with Crippen LogP contribution in [0.2, 0.25) is 0 Å². The number of rotatable bonds is 3. The maximum atomic E-state index is 5.81. The van der Waals surface area contributed by atoms with E-state index < -0.39 is 0 Å². The molecule has 0 aromatic carbocycles. The van der Waals surface area contributed by atoms with E-state index in [9.17, 15) is 0 Å². The summed E-state index contributed by atoms with van der Waals surface area (Å²) in [5.74, 6) is 0.950. The van der Waals surface area contributed by atoms with Crippen molar-refractivity contribution >= 4 is 23.7 Å². The zero-order chi connectivity index (χ0) is 13.8. The van der Waals surface area contributed by atoms with Gasteiger partial charge in [-0.25, -0.2) is 0 Å². The molecule has 8 heteroatoms. The fourth-order valence-electron chi connectivity index (χ4n) is 2.26. The highest BCUT2D eigenvalue weighted by molar-refractivity contribution is 7.99. The van der Waals surface area contributed by atoms with Gasteiger partial charge in [0.25, 0.3) is 0 Å². The van der Waals surface area contributed by atoms with Gasteiger partial charge in [0.1, 0.15) is 0 Å². The molecule has 0 radical (unpaired) electrons. The van der Waals surface area contributed by atoms with Crippen LogP contribution in [0.5, 0.6) is 0 Å². The number of thioether (sulfide) groups is 1. The summed E-state index contributed by atoms with van der Waals surface area (Å²) in [6.07, 6.45) is 2.06. The molecule has 20 heavy (non-hydrogen) atoms. The monoisotopic (exact) mass is 297 g/mol. The molecule has 1 aromatic heterocycles. The standard InChI is InChI=1S/C12H19N5O2S/c13-10-14-11(17-3-7-19-8-4-17)16-12(15-10)20-9-1-5-18-6-2-9/h9H,1-8H2,(H2,13,14,15,16). The lowest BCUT2D eigenvalue weighted by atomic mass is 10.2. The van der Waals surface area contributed by atoms with Gasteiger partial charge in [0.05, 0.1) is 13.2 Å². The van der Waals surface area contributed by atoms with E-state index in [-0.39, 0.29) is 5.95 Å². The quantitative estimate of drug-likeness (QED) is 0.866. The van der Waals surface area contributed by atoms with Crippen LogP contribution in [0.1, 0.15) is 12.8 Å². The van der Waals surface area contributed by atoms with Gasteiger partial charge in [-0.1, -0.05) is 11.8 Å². The molecule has 2 aliphatic rings. The van der Waals surface area contributed by atoms with Crippen LogP contribution in [0, 0.1) is 0 Å². The summed E-state index contributed by atoms with van der Waals surface area (Å²) in [6.45, 7) is 4.63. The van der Waals surface area contributed by atoms with Crippen molar-refractivity contribution in [3.63, 3.8) is 0 Å². The number of hydrogen-bond acceptors (Lipinski definition) is 8. The molecule has 0 amide bonds. The Hall–Kier alpha value is -1.12. The normalized spacial score (nSPS) is 21.1. The van der Waals surface area contributed by atoms with E-state index in [4.69, 9.17) is 15.2 Å². The second-order valence-corrected chi connectivity index (χ2v) is 6.07. The summed E-state index contributed by atoms with van der Waals surface area (Å²) in [6, 6.07) is 0. The Kier molecular flexibility index (Phi) is 4.54. The number of nitrogens with zero attached hydrogens (tertiary/aromatic N) is 4. The van der Waals surface area contributed by atoms with Crippen LogP contribution in [0.3, 0.4) is 0 Å². The first kappa shape index (κ1) is 13.8. The van der Waals surface area contributed by atoms with Crippen LogP contribution < -0.4 is 10.6 Å². The highest BCUT2D eigenvalue weighted by Gasteiger charge is 2.20. The number of aromatic nitrogens is 3. The van der Waals surface area contributed by atoms with Gasteiger partial charge in [0.2, 0.25) is 11.9 Å². The Bertz CT molecular complexity index is 449. The molecule has 2 aliphatic heterocycles. The first-order valence-corrected chi connectivity index (χ1v) is 7.78. The number of nitrogen functional groups attached to an aromatic ring is 1. The molecule has 2 fully saturated rings. The third kappa shape index (κ3) is 3.50. The van der Waals surface area contributed by atoms with Crippen molar-refractivity contribution in [2.45, 2.75) is 23.2 Å². The Morgan fingerprint density at radius 3 is 2.45 bits per heavy atom. The maximum absolute atomic E-state index is 5.81. The van der Waals surface area contributed by atoms with Crippen LogP contribution >= 0.6 is 11.8 Å². The largest absolute Gasteiger partial charge is 0.381 e. The third-order valence-corrected chi connectivity index (χ3v) is 4.55. The SMILES string of the molecule is Nc1nc(SC2CCOCC2)nc(N2CCOCC2)n1. The molecule has 0 bridgehead atoms. The molecule has 3 rings (SSSR count). The van der Waals surface area contributed by atoms with Crippen molar-refractivity contribution in [1.29, 1.82) is 0 Å². The molecule has 0 spiro atoms. The molecule has 0 saturated carbocycles. The van der Waals surface area contributed by atoms with Gasteiger partial charge in [-0.15, -0.1) is 0 Å². The lowest BCUT2D eigenvalue weighted by Crippen LogP contribution is -2.37. The second kappa shape index (κ2) is 6.55. The van der Waals surface area contributed by atoms with Crippen molar-refractivity contribution in [1.82, 2.24) is 15.0 Å². The van der Waals surface area contributed by atoms with Crippen LogP contribution in [0.15, 0.2) is 5.16 Å². The maximum Gasteiger partial charge on any atom is 0.231 e. The molecular formula is C12H19N5O2S. The minimum absolute atomic E-state index is 0.288. The minimum atomic E-state index is 0.288. The lowest BCUT2D eigenvalue weighted by molar-refractivity contribution is 0.1000. The second-order valence-electron chi connectivity index (χ2n) is 4.81. The minimum Gasteiger partial charge on any atom is -0.381 e. The molecule has 2 saturated heterocycles. The zero-order valence-electron chi connectivity index (χ0n) is 11.3.